The van der Waals surface area contributed by atoms with Crippen LogP contribution in [0, 0.1) is 23.2 Å². The molecule has 1 heterocycles. The number of aryl methyl sites for hydroxylation is 3. The predicted molar refractivity (Wildman–Crippen MR) is 125 cm³/mol. The number of rotatable bonds is 6. The summed E-state index contributed by atoms with van der Waals surface area (Å²) < 4.78 is 1.96. The summed E-state index contributed by atoms with van der Waals surface area (Å²) in [4.78, 5) is 12.7. The molecule has 1 N–H and O–H groups in total. The van der Waals surface area contributed by atoms with Crippen LogP contribution in [0.1, 0.15) is 87.6 Å². The summed E-state index contributed by atoms with van der Waals surface area (Å²) in [5.74, 6) is 3.18. The highest BCUT2D eigenvalue weighted by molar-refractivity contribution is 5.87. The number of Topliss-reactive ketones (excluding diaryl/α,β-unsaturated/α-hetero) is 1. The van der Waals surface area contributed by atoms with Crippen LogP contribution in [0.15, 0.2) is 18.3 Å². The van der Waals surface area contributed by atoms with Crippen LogP contribution in [-0.4, -0.2) is 25.9 Å². The molecule has 5 nitrogen and oxygen atoms in total. The van der Waals surface area contributed by atoms with E-state index in [1.54, 1.807) is 0 Å². The Morgan fingerprint density at radius 1 is 1.22 bits per heavy atom. The number of phenolic OH excluding ortho intramolecular Hbond substituents is 1. The Bertz CT molecular complexity index is 1010. The minimum atomic E-state index is -0.0868. The third-order valence-electron chi connectivity index (χ3n) is 8.64. The fraction of sp³-hybridized carbons (Fsp3) is 0.667. The largest absolute Gasteiger partial charge is 0.508 e. The molecule has 3 aliphatic rings. The normalized spacial score (nSPS) is 29.1. The van der Waals surface area contributed by atoms with Gasteiger partial charge in [-0.1, -0.05) is 26.0 Å². The Balaban J connectivity index is 1.34. The number of ketones is 1. The Hall–Kier alpha value is -2.17. The molecule has 4 atom stereocenters. The van der Waals surface area contributed by atoms with Gasteiger partial charge in [0, 0.05) is 24.6 Å². The van der Waals surface area contributed by atoms with E-state index in [9.17, 15) is 9.90 Å². The number of carbonyl (C=O) groups excluding carboxylic acids is 1. The number of fused-ring (bicyclic) bond motifs is 5. The van der Waals surface area contributed by atoms with E-state index in [1.165, 1.54) is 16.7 Å². The number of benzene rings is 1. The third kappa shape index (κ3) is 3.78. The van der Waals surface area contributed by atoms with Crippen molar-refractivity contribution < 1.29 is 9.90 Å². The van der Waals surface area contributed by atoms with E-state index >= 15 is 0 Å². The van der Waals surface area contributed by atoms with Gasteiger partial charge in [0.05, 0.1) is 5.69 Å². The van der Waals surface area contributed by atoms with Crippen molar-refractivity contribution in [1.82, 2.24) is 15.0 Å². The number of aromatic hydroxyl groups is 1. The summed E-state index contributed by atoms with van der Waals surface area (Å²) in [7, 11) is 0. The second-order valence-electron chi connectivity index (χ2n) is 11.2. The van der Waals surface area contributed by atoms with Crippen molar-refractivity contribution in [3.63, 3.8) is 0 Å². The molecule has 0 radical (unpaired) electrons. The number of phenols is 1. The van der Waals surface area contributed by atoms with Crippen molar-refractivity contribution >= 4 is 5.78 Å². The molecule has 0 aliphatic heterocycles. The van der Waals surface area contributed by atoms with E-state index in [2.05, 4.69) is 37.3 Å². The number of carbonyl (C=O) groups is 1. The molecular formula is C27H37N3O2. The van der Waals surface area contributed by atoms with Crippen LogP contribution in [0.5, 0.6) is 5.75 Å². The van der Waals surface area contributed by atoms with Crippen LogP contribution >= 0.6 is 0 Å². The molecular weight excluding hydrogens is 398 g/mol. The van der Waals surface area contributed by atoms with E-state index in [-0.39, 0.29) is 5.41 Å². The highest BCUT2D eigenvalue weighted by Crippen LogP contribution is 2.60. The quantitative estimate of drug-likeness (QED) is 0.674. The van der Waals surface area contributed by atoms with Gasteiger partial charge in [0.2, 0.25) is 0 Å². The summed E-state index contributed by atoms with van der Waals surface area (Å²) in [5.41, 5.74) is 5.13. The van der Waals surface area contributed by atoms with Crippen LogP contribution in [0.4, 0.5) is 0 Å². The first-order valence-electron chi connectivity index (χ1n) is 12.6. The fourth-order valence-corrected chi connectivity index (χ4v) is 7.18. The first-order valence-corrected chi connectivity index (χ1v) is 12.6. The Kier molecular flexibility index (Phi) is 5.63. The Labute approximate surface area is 191 Å². The van der Waals surface area contributed by atoms with Crippen molar-refractivity contribution in [2.24, 2.45) is 23.2 Å². The highest BCUT2D eigenvalue weighted by atomic mass is 16.3. The maximum absolute atomic E-state index is 12.7. The van der Waals surface area contributed by atoms with Gasteiger partial charge < -0.3 is 5.11 Å². The molecule has 3 aliphatic carbocycles. The maximum atomic E-state index is 12.7. The van der Waals surface area contributed by atoms with Crippen molar-refractivity contribution in [3.05, 3.63) is 40.7 Å². The van der Waals surface area contributed by atoms with Gasteiger partial charge in [-0.25, -0.2) is 0 Å². The lowest BCUT2D eigenvalue weighted by Crippen LogP contribution is -2.42. The molecule has 32 heavy (non-hydrogen) atoms. The van der Waals surface area contributed by atoms with Crippen LogP contribution in [0.25, 0.3) is 0 Å². The average Bonchev–Trinajstić information content (AvgIpc) is 3.30. The number of hydrogen-bond donors (Lipinski definition) is 1. The molecule has 0 spiro atoms. The number of aromatic nitrogens is 3. The lowest BCUT2D eigenvalue weighted by molar-refractivity contribution is -0.129. The standard InChI is InChI=1S/C27H37N3O2/c1-17(2)13-20-16-30(29-28-20)12-4-5-18-14-21(31)15-19-6-7-22-23(26(18)19)10-11-27(3)24(22)8-9-25(27)32/h14-17,22-24,31H,4-13H2,1-3H3. The highest BCUT2D eigenvalue weighted by Gasteiger charge is 2.54. The molecule has 2 saturated carbocycles. The first-order chi connectivity index (χ1) is 15.3. The molecule has 4 unspecified atom stereocenters. The Morgan fingerprint density at radius 3 is 2.88 bits per heavy atom. The molecule has 5 heteroatoms. The third-order valence-corrected chi connectivity index (χ3v) is 8.64. The van der Waals surface area contributed by atoms with Crippen LogP contribution in [0.2, 0.25) is 0 Å². The van der Waals surface area contributed by atoms with E-state index < -0.39 is 0 Å². The zero-order valence-electron chi connectivity index (χ0n) is 19.8. The van der Waals surface area contributed by atoms with E-state index in [4.69, 9.17) is 0 Å². The van der Waals surface area contributed by atoms with E-state index in [0.717, 1.165) is 70.0 Å². The van der Waals surface area contributed by atoms with Gasteiger partial charge in [0.1, 0.15) is 11.5 Å². The van der Waals surface area contributed by atoms with Gasteiger partial charge in [-0.05, 0) is 104 Å². The molecule has 2 aromatic rings. The molecule has 172 valence electrons. The maximum Gasteiger partial charge on any atom is 0.139 e. The molecule has 1 aromatic carbocycles. The second kappa shape index (κ2) is 8.31. The van der Waals surface area contributed by atoms with Crippen molar-refractivity contribution in [2.75, 3.05) is 0 Å². The van der Waals surface area contributed by atoms with Crippen molar-refractivity contribution in [2.45, 2.75) is 91.0 Å². The lowest BCUT2D eigenvalue weighted by atomic mass is 9.55. The summed E-state index contributed by atoms with van der Waals surface area (Å²) >= 11 is 0. The smallest absolute Gasteiger partial charge is 0.139 e. The van der Waals surface area contributed by atoms with Gasteiger partial charge in [-0.3, -0.25) is 9.48 Å². The molecule has 1 aromatic heterocycles. The lowest BCUT2D eigenvalue weighted by Gasteiger charge is -2.48. The van der Waals surface area contributed by atoms with E-state index in [1.807, 2.05) is 16.8 Å². The zero-order valence-corrected chi connectivity index (χ0v) is 19.8. The van der Waals surface area contributed by atoms with Crippen LogP contribution in [-0.2, 0) is 30.6 Å². The van der Waals surface area contributed by atoms with Gasteiger partial charge in [-0.2, -0.15) is 0 Å². The van der Waals surface area contributed by atoms with Crippen LogP contribution in [0.3, 0.4) is 0 Å². The molecule has 2 fully saturated rings. The number of nitrogens with zero attached hydrogens (tertiary/aromatic N) is 3. The van der Waals surface area contributed by atoms with Gasteiger partial charge in [0.25, 0.3) is 0 Å². The minimum Gasteiger partial charge on any atom is -0.508 e. The summed E-state index contributed by atoms with van der Waals surface area (Å²) in [6.07, 6.45) is 11.1. The summed E-state index contributed by atoms with van der Waals surface area (Å²) in [6, 6.07) is 4.00. The zero-order chi connectivity index (χ0) is 22.5. The van der Waals surface area contributed by atoms with Gasteiger partial charge >= 0.3 is 0 Å². The topological polar surface area (TPSA) is 68.0 Å². The molecule has 0 bridgehead atoms. The second-order valence-corrected chi connectivity index (χ2v) is 11.2. The van der Waals surface area contributed by atoms with Crippen LogP contribution < -0.4 is 0 Å². The fourth-order valence-electron chi connectivity index (χ4n) is 7.18. The minimum absolute atomic E-state index is 0.0868. The summed E-state index contributed by atoms with van der Waals surface area (Å²) in [5, 5.41) is 19.0. The van der Waals surface area contributed by atoms with Crippen molar-refractivity contribution in [1.29, 1.82) is 0 Å². The number of hydrogen-bond acceptors (Lipinski definition) is 4. The molecule has 0 saturated heterocycles. The predicted octanol–water partition coefficient (Wildman–Crippen LogP) is 5.24. The van der Waals surface area contributed by atoms with E-state index in [0.29, 0.717) is 35.2 Å². The summed E-state index contributed by atoms with van der Waals surface area (Å²) in [6.45, 7) is 7.49. The molecule has 0 amide bonds. The van der Waals surface area contributed by atoms with Gasteiger partial charge in [0.15, 0.2) is 0 Å². The van der Waals surface area contributed by atoms with Crippen molar-refractivity contribution in [3.8, 4) is 5.75 Å². The average molecular weight is 436 g/mol. The molecule has 5 rings (SSSR count). The SMILES string of the molecule is CC(C)Cc1cn(CCCc2cc(O)cc3c2C2CCC4(C)C(=O)CCC4C2CC3)nn1. The monoisotopic (exact) mass is 435 g/mol. The van der Waals surface area contributed by atoms with Gasteiger partial charge in [-0.15, -0.1) is 5.10 Å². The first kappa shape index (κ1) is 21.7. The Morgan fingerprint density at radius 2 is 2.06 bits per heavy atom.